The summed E-state index contributed by atoms with van der Waals surface area (Å²) in [7, 11) is -2.71. The molecule has 4 rings (SSSR count). The van der Waals surface area contributed by atoms with E-state index in [1.807, 2.05) is 48.5 Å². The lowest BCUT2D eigenvalue weighted by Crippen LogP contribution is -2.32. The fourth-order valence-electron chi connectivity index (χ4n) is 7.33. The molecule has 0 spiro atoms. The van der Waals surface area contributed by atoms with Crippen LogP contribution in [0.1, 0.15) is 46.2 Å². The van der Waals surface area contributed by atoms with Crippen LogP contribution in [0.4, 0.5) is 0 Å². The van der Waals surface area contributed by atoms with Crippen LogP contribution in [0.2, 0.25) is 48.4 Å². The molecule has 0 bridgehead atoms. The molecule has 0 atom stereocenters. The highest BCUT2D eigenvalue weighted by atomic mass is 79.9. The lowest BCUT2D eigenvalue weighted by atomic mass is 10.1. The van der Waals surface area contributed by atoms with Crippen LogP contribution < -0.4 is 0 Å². The van der Waals surface area contributed by atoms with Crippen molar-refractivity contribution in [3.05, 3.63) is 219 Å². The number of rotatable bonds is 26. The molecule has 2 nitrogen and oxygen atoms in total. The van der Waals surface area contributed by atoms with Crippen LogP contribution in [0.15, 0.2) is 185 Å². The molecule has 57 heavy (non-hydrogen) atoms. The van der Waals surface area contributed by atoms with Crippen LogP contribution in [-0.4, -0.2) is 21.3 Å². The molecule has 0 aliphatic rings. The monoisotopic (exact) mass is 860 g/mol. The number of aryl methyl sites for hydroxylation is 2. The molecule has 304 valence electrons. The zero-order valence-corrected chi connectivity index (χ0v) is 38.2. The summed E-state index contributed by atoms with van der Waals surface area (Å²) in [5.41, 5.74) is 7.60. The zero-order chi connectivity index (χ0) is 41.5. The fraction of sp³-hybridized carbons (Fsp3) is 0.308. The lowest BCUT2D eigenvalue weighted by molar-refractivity contribution is 0.107. The summed E-state index contributed by atoms with van der Waals surface area (Å²) < 4.78 is 5.83. The van der Waals surface area contributed by atoms with Gasteiger partial charge in [-0.25, -0.2) is 0 Å². The van der Waals surface area contributed by atoms with Gasteiger partial charge in [0.25, 0.3) is 0 Å². The Labute approximate surface area is 357 Å². The molecule has 5 heteroatoms. The summed E-state index contributed by atoms with van der Waals surface area (Å²) in [4.78, 5) is 0. The molecule has 4 aromatic carbocycles. The third kappa shape index (κ3) is 20.4. The van der Waals surface area contributed by atoms with Crippen molar-refractivity contribution in [3.63, 3.8) is 0 Å². The Bertz CT molecular complexity index is 1630. The summed E-state index contributed by atoms with van der Waals surface area (Å²) in [5.74, 6) is 0. The van der Waals surface area contributed by atoms with Crippen LogP contribution in [0.3, 0.4) is 0 Å². The van der Waals surface area contributed by atoms with E-state index in [0.717, 1.165) is 35.4 Å². The molecule has 0 fully saturated rings. The molecular weight excluding hydrogens is 793 g/mol. The zero-order valence-electron chi connectivity index (χ0n) is 34.6. The summed E-state index contributed by atoms with van der Waals surface area (Å²) in [6, 6.07) is 47.3. The van der Waals surface area contributed by atoms with Gasteiger partial charge in [0.1, 0.15) is 0 Å². The number of hydrogen-bond acceptors (Lipinski definition) is 2. The molecule has 0 aromatic heterocycles. The second-order valence-corrected chi connectivity index (χ2v) is 25.1. The van der Waals surface area contributed by atoms with Gasteiger partial charge >= 0.3 is 0 Å². The van der Waals surface area contributed by atoms with Crippen LogP contribution in [0, 0.1) is 0 Å². The maximum atomic E-state index is 8.54. The number of alkyl halides is 1. The van der Waals surface area contributed by atoms with Crippen molar-refractivity contribution in [2.45, 2.75) is 99.2 Å². The first-order valence-corrected chi connectivity index (χ1v) is 27.3. The number of aliphatic hydroxyl groups excluding tert-OH is 1. The molecule has 0 saturated carbocycles. The smallest absolute Gasteiger partial charge is 0.0721 e. The number of aliphatic hydroxyl groups is 1. The Hall–Kier alpha value is -3.85. The topological polar surface area (TPSA) is 29.5 Å². The molecule has 1 N–H and O–H groups in total. The molecule has 0 heterocycles. The van der Waals surface area contributed by atoms with Crippen LogP contribution in [0.25, 0.3) is 0 Å². The van der Waals surface area contributed by atoms with Gasteiger partial charge < -0.3 is 9.84 Å². The van der Waals surface area contributed by atoms with Gasteiger partial charge in [-0.1, -0.05) is 187 Å². The third-order valence-electron chi connectivity index (χ3n) is 10.4. The Kier molecular flexibility index (Phi) is 26.2. The quantitative estimate of drug-likeness (QED) is 0.0387. The van der Waals surface area contributed by atoms with Crippen molar-refractivity contribution in [3.8, 4) is 0 Å². The van der Waals surface area contributed by atoms with Crippen LogP contribution in [-0.2, 0) is 42.7 Å². The fourth-order valence-corrected chi connectivity index (χ4v) is 15.5. The van der Waals surface area contributed by atoms with Crippen molar-refractivity contribution in [1.82, 2.24) is 0 Å². The van der Waals surface area contributed by atoms with E-state index < -0.39 is 16.1 Å². The molecule has 0 amide bonds. The summed E-state index contributed by atoms with van der Waals surface area (Å²) >= 11 is 3.49. The number of halogens is 1. The first-order valence-electron chi connectivity index (χ1n) is 20.5. The van der Waals surface area contributed by atoms with Gasteiger partial charge in [0.05, 0.1) is 36.0 Å². The van der Waals surface area contributed by atoms with E-state index in [1.165, 1.54) is 77.3 Å². The highest BCUT2D eigenvalue weighted by molar-refractivity contribution is 9.08. The minimum Gasteiger partial charge on any atom is -0.392 e. The first-order chi connectivity index (χ1) is 27.8. The molecule has 0 radical (unpaired) electrons. The number of benzene rings is 4. The van der Waals surface area contributed by atoms with E-state index >= 15 is 0 Å². The number of hydrogen-bond donors (Lipinski definition) is 1. The van der Waals surface area contributed by atoms with E-state index in [2.05, 4.69) is 153 Å². The second kappa shape index (κ2) is 30.3. The summed E-state index contributed by atoms with van der Waals surface area (Å²) in [6.45, 7) is 25.3. The van der Waals surface area contributed by atoms with E-state index in [1.54, 1.807) is 0 Å². The largest absolute Gasteiger partial charge is 0.392 e. The van der Waals surface area contributed by atoms with Gasteiger partial charge in [-0.05, 0) is 82.5 Å². The molecule has 0 aliphatic carbocycles. The SMILES string of the molecule is C=CC[Si](CC=C)(CC=C)CCCc1ccc(CBr)cc1.C=CC[Si](CC=C)(CC=C)CCCc1ccc(COCc2ccccc2)cc1.OCc1ccccc1. The predicted molar refractivity (Wildman–Crippen MR) is 261 cm³/mol. The van der Waals surface area contributed by atoms with Gasteiger partial charge in [-0.15, -0.1) is 39.5 Å². The van der Waals surface area contributed by atoms with E-state index in [-0.39, 0.29) is 6.61 Å². The first kappa shape index (κ1) is 49.3. The average molecular weight is 862 g/mol. The number of allylic oxidation sites excluding steroid dienone is 6. The minimum absolute atomic E-state index is 0.140. The Morgan fingerprint density at radius 1 is 0.439 bits per heavy atom. The van der Waals surface area contributed by atoms with Gasteiger partial charge in [0.15, 0.2) is 0 Å². The van der Waals surface area contributed by atoms with Gasteiger partial charge in [-0.2, -0.15) is 0 Å². The standard InChI is InChI=1S/C26H34OSi.C19H27BrSi.C7H8O/c1-4-18-28(19-5-2,20-6-3)21-10-13-24-14-16-26(17-15-24)23-27-22-25-11-8-7-9-12-25;1-4-13-21(14-5-2,15-6-3)16-7-8-18-9-11-19(17-20)12-10-18;8-6-7-4-2-1-3-5-7/h4-9,11-12,14-17H,1-3,10,13,18-23H2;4-6,9-12H,1-3,7-8,13-17H2;1-5,8H,6H2. The molecule has 0 saturated heterocycles. The maximum Gasteiger partial charge on any atom is 0.0721 e. The Morgan fingerprint density at radius 3 is 1.07 bits per heavy atom. The van der Waals surface area contributed by atoms with Crippen molar-refractivity contribution < 1.29 is 9.84 Å². The molecular formula is C52H69BrO2Si2. The maximum absolute atomic E-state index is 8.54. The number of ether oxygens (including phenoxy) is 1. The molecule has 0 unspecified atom stereocenters. The van der Waals surface area contributed by atoms with Crippen molar-refractivity contribution in [2.75, 3.05) is 0 Å². The Morgan fingerprint density at radius 2 is 0.754 bits per heavy atom. The third-order valence-corrected chi connectivity index (χ3v) is 20.8. The summed E-state index contributed by atoms with van der Waals surface area (Å²) in [6.07, 6.45) is 17.4. The van der Waals surface area contributed by atoms with Crippen molar-refractivity contribution in [2.24, 2.45) is 0 Å². The second-order valence-electron chi connectivity index (χ2n) is 15.1. The molecule has 0 aliphatic heterocycles. The van der Waals surface area contributed by atoms with Crippen molar-refractivity contribution >= 4 is 32.1 Å². The minimum atomic E-state index is -1.38. The normalized spacial score (nSPS) is 10.8. The summed E-state index contributed by atoms with van der Waals surface area (Å²) in [5, 5.41) is 9.47. The van der Waals surface area contributed by atoms with E-state index in [4.69, 9.17) is 9.84 Å². The van der Waals surface area contributed by atoms with Crippen molar-refractivity contribution in [1.29, 1.82) is 0 Å². The van der Waals surface area contributed by atoms with E-state index in [0.29, 0.717) is 13.2 Å². The van der Waals surface area contributed by atoms with Gasteiger partial charge in [-0.3, -0.25) is 0 Å². The van der Waals surface area contributed by atoms with Crippen LogP contribution in [0.5, 0.6) is 0 Å². The highest BCUT2D eigenvalue weighted by Gasteiger charge is 2.29. The molecule has 4 aromatic rings. The van der Waals surface area contributed by atoms with Gasteiger partial charge in [0, 0.05) is 5.33 Å². The van der Waals surface area contributed by atoms with Gasteiger partial charge in [0.2, 0.25) is 0 Å². The average Bonchev–Trinajstić information content (AvgIpc) is 3.23. The Balaban J connectivity index is 0.000000338. The lowest BCUT2D eigenvalue weighted by Gasteiger charge is -2.28. The van der Waals surface area contributed by atoms with Crippen LogP contribution >= 0.6 is 15.9 Å². The van der Waals surface area contributed by atoms with E-state index in [9.17, 15) is 0 Å². The highest BCUT2D eigenvalue weighted by Crippen LogP contribution is 2.31. The predicted octanol–water partition coefficient (Wildman–Crippen LogP) is 15.0.